The Morgan fingerprint density at radius 1 is 0.300 bits per heavy atom. The summed E-state index contributed by atoms with van der Waals surface area (Å²) in [4.78, 5) is 0. The molecule has 0 fully saturated rings. The minimum Gasteiger partial charge on any atom is -0.309 e. The summed E-state index contributed by atoms with van der Waals surface area (Å²) >= 11 is 0. The number of nitrogens with zero attached hydrogens (tertiary/aromatic N) is 2. The van der Waals surface area contributed by atoms with E-state index in [9.17, 15) is 0 Å². The Kier molecular flexibility index (Phi) is 5.00. The van der Waals surface area contributed by atoms with E-state index >= 15 is 0 Å². The van der Waals surface area contributed by atoms with Gasteiger partial charge in [0.25, 0.3) is 0 Å². The van der Waals surface area contributed by atoms with E-state index in [-0.39, 0.29) is 0 Å². The summed E-state index contributed by atoms with van der Waals surface area (Å²) in [5.41, 5.74) is 12.5. The lowest BCUT2D eigenvalue weighted by molar-refractivity contribution is 1.18. The van der Waals surface area contributed by atoms with Gasteiger partial charge in [0.15, 0.2) is 0 Å². The Hall–Kier alpha value is -6.64. The van der Waals surface area contributed by atoms with Crippen molar-refractivity contribution < 1.29 is 0 Å². The molecule has 11 aromatic rings. The second kappa shape index (κ2) is 9.49. The zero-order valence-electron chi connectivity index (χ0n) is 27.1. The second-order valence-corrected chi connectivity index (χ2v) is 13.7. The number of hydrogen-bond donors (Lipinski definition) is 0. The highest BCUT2D eigenvalue weighted by molar-refractivity contribution is 6.31. The van der Waals surface area contributed by atoms with E-state index in [4.69, 9.17) is 0 Å². The molecule has 0 radical (unpaired) electrons. The predicted octanol–water partition coefficient (Wildman–Crippen LogP) is 13.0. The molecule has 2 nitrogen and oxygen atoms in total. The van der Waals surface area contributed by atoms with Crippen LogP contribution in [-0.4, -0.2) is 9.13 Å². The van der Waals surface area contributed by atoms with E-state index in [1.54, 1.807) is 0 Å². The SMILES string of the molecule is c1ccc2c(c1)-c1cccc3cc(-n4c5ccc6ccccc6c5c5c4ccc4c6ccccc6n(-c6cccc7ccccc67)c45)cc-2c13. The summed E-state index contributed by atoms with van der Waals surface area (Å²) in [6.07, 6.45) is 0. The Morgan fingerprint density at radius 3 is 1.80 bits per heavy atom. The van der Waals surface area contributed by atoms with Crippen molar-refractivity contribution in [1.82, 2.24) is 9.13 Å². The number of aromatic nitrogens is 2. The molecule has 2 heteroatoms. The minimum absolute atomic E-state index is 1.18. The topological polar surface area (TPSA) is 9.86 Å². The van der Waals surface area contributed by atoms with Gasteiger partial charge in [0.2, 0.25) is 0 Å². The van der Waals surface area contributed by atoms with Crippen LogP contribution in [0.4, 0.5) is 0 Å². The quantitative estimate of drug-likeness (QED) is 0.179. The smallest absolute Gasteiger partial charge is 0.0641 e. The second-order valence-electron chi connectivity index (χ2n) is 13.7. The molecule has 2 aromatic heterocycles. The van der Waals surface area contributed by atoms with Gasteiger partial charge in [-0.15, -0.1) is 0 Å². The van der Waals surface area contributed by atoms with Crippen LogP contribution in [0.15, 0.2) is 170 Å². The molecule has 0 bridgehead atoms. The van der Waals surface area contributed by atoms with Crippen molar-refractivity contribution in [2.45, 2.75) is 0 Å². The average molecular weight is 633 g/mol. The summed E-state index contributed by atoms with van der Waals surface area (Å²) in [6.45, 7) is 0. The van der Waals surface area contributed by atoms with E-state index in [1.165, 1.54) is 110 Å². The molecule has 0 N–H and O–H groups in total. The lowest BCUT2D eigenvalue weighted by atomic mass is 10.0. The van der Waals surface area contributed by atoms with Crippen LogP contribution in [-0.2, 0) is 0 Å². The average Bonchev–Trinajstić information content (AvgIpc) is 3.81. The first kappa shape index (κ1) is 26.3. The van der Waals surface area contributed by atoms with Crippen LogP contribution < -0.4 is 0 Å². The largest absolute Gasteiger partial charge is 0.309 e. The van der Waals surface area contributed by atoms with Gasteiger partial charge in [0, 0.05) is 32.6 Å². The van der Waals surface area contributed by atoms with Crippen LogP contribution in [0.1, 0.15) is 0 Å². The maximum Gasteiger partial charge on any atom is 0.0641 e. The number of para-hydroxylation sites is 1. The Labute approximate surface area is 287 Å². The van der Waals surface area contributed by atoms with E-state index < -0.39 is 0 Å². The lowest BCUT2D eigenvalue weighted by Gasteiger charge is -2.13. The molecule has 12 rings (SSSR count). The Balaban J connectivity index is 1.31. The van der Waals surface area contributed by atoms with Crippen LogP contribution in [0.2, 0.25) is 0 Å². The molecular formula is C48H28N2. The first-order chi connectivity index (χ1) is 24.8. The first-order valence-electron chi connectivity index (χ1n) is 17.4. The summed E-state index contributed by atoms with van der Waals surface area (Å²) in [6, 6.07) is 63.0. The van der Waals surface area contributed by atoms with Crippen molar-refractivity contribution >= 4 is 75.9 Å². The summed E-state index contributed by atoms with van der Waals surface area (Å²) in [5.74, 6) is 0. The normalized spacial score (nSPS) is 12.4. The highest BCUT2D eigenvalue weighted by Gasteiger charge is 2.25. The fourth-order valence-electron chi connectivity index (χ4n) is 9.18. The molecule has 1 aliphatic rings. The van der Waals surface area contributed by atoms with Crippen molar-refractivity contribution in [1.29, 1.82) is 0 Å². The zero-order valence-corrected chi connectivity index (χ0v) is 27.1. The van der Waals surface area contributed by atoms with E-state index in [0.717, 1.165) is 0 Å². The predicted molar refractivity (Wildman–Crippen MR) is 212 cm³/mol. The third kappa shape index (κ3) is 3.28. The van der Waals surface area contributed by atoms with Crippen molar-refractivity contribution in [3.8, 4) is 33.6 Å². The standard InChI is InChI=1S/C48H28N2/c1-3-15-33-29(11-1)13-10-22-41(33)50-42-21-8-7-19-37(42)39-24-26-44-47(48(39)50)46-34-16-4-2-12-30(34)23-25-43(46)49(44)32-27-31-14-9-20-38-35-17-5-6-18-36(35)40(28-32)45(31)38/h1-28H. The van der Waals surface area contributed by atoms with Crippen molar-refractivity contribution in [3.05, 3.63) is 170 Å². The van der Waals surface area contributed by atoms with Crippen molar-refractivity contribution in [3.63, 3.8) is 0 Å². The summed E-state index contributed by atoms with van der Waals surface area (Å²) < 4.78 is 5.05. The van der Waals surface area contributed by atoms with Gasteiger partial charge in [-0.1, -0.05) is 133 Å². The van der Waals surface area contributed by atoms with Crippen LogP contribution in [0, 0.1) is 0 Å². The van der Waals surface area contributed by atoms with Gasteiger partial charge in [-0.05, 0) is 85.6 Å². The van der Waals surface area contributed by atoms with Gasteiger partial charge >= 0.3 is 0 Å². The molecule has 0 spiro atoms. The molecule has 0 amide bonds. The molecule has 0 saturated heterocycles. The molecule has 2 heterocycles. The molecule has 1 aliphatic carbocycles. The lowest BCUT2D eigenvalue weighted by Crippen LogP contribution is -1.96. The van der Waals surface area contributed by atoms with Gasteiger partial charge in [0.05, 0.1) is 27.8 Å². The van der Waals surface area contributed by atoms with Crippen LogP contribution in [0.5, 0.6) is 0 Å². The monoisotopic (exact) mass is 632 g/mol. The molecule has 0 unspecified atom stereocenters. The van der Waals surface area contributed by atoms with Crippen LogP contribution in [0.3, 0.4) is 0 Å². The van der Waals surface area contributed by atoms with Crippen molar-refractivity contribution in [2.24, 2.45) is 0 Å². The molecule has 230 valence electrons. The maximum atomic E-state index is 2.53. The van der Waals surface area contributed by atoms with Gasteiger partial charge in [0.1, 0.15) is 0 Å². The third-order valence-electron chi connectivity index (χ3n) is 11.2. The van der Waals surface area contributed by atoms with E-state index in [0.29, 0.717) is 0 Å². The zero-order chi connectivity index (χ0) is 32.5. The third-order valence-corrected chi connectivity index (χ3v) is 11.2. The van der Waals surface area contributed by atoms with Gasteiger partial charge in [-0.25, -0.2) is 0 Å². The molecule has 0 saturated carbocycles. The van der Waals surface area contributed by atoms with Crippen LogP contribution >= 0.6 is 0 Å². The molecular weight excluding hydrogens is 605 g/mol. The Morgan fingerprint density at radius 2 is 0.920 bits per heavy atom. The molecule has 9 aromatic carbocycles. The van der Waals surface area contributed by atoms with Gasteiger partial charge < -0.3 is 9.13 Å². The van der Waals surface area contributed by atoms with Crippen molar-refractivity contribution in [2.75, 3.05) is 0 Å². The molecule has 0 aliphatic heterocycles. The number of fused-ring (bicyclic) bond motifs is 13. The first-order valence-corrected chi connectivity index (χ1v) is 17.4. The summed E-state index contributed by atoms with van der Waals surface area (Å²) in [5, 5.41) is 12.7. The number of hydrogen-bond acceptors (Lipinski definition) is 0. The minimum atomic E-state index is 1.18. The summed E-state index contributed by atoms with van der Waals surface area (Å²) in [7, 11) is 0. The fourth-order valence-corrected chi connectivity index (χ4v) is 9.18. The van der Waals surface area contributed by atoms with E-state index in [1.807, 2.05) is 0 Å². The number of benzene rings is 9. The highest BCUT2D eigenvalue weighted by atomic mass is 15.0. The molecule has 50 heavy (non-hydrogen) atoms. The van der Waals surface area contributed by atoms with E-state index in [2.05, 4.69) is 179 Å². The maximum absolute atomic E-state index is 2.53. The fraction of sp³-hybridized carbons (Fsp3) is 0. The number of rotatable bonds is 2. The van der Waals surface area contributed by atoms with Gasteiger partial charge in [-0.3, -0.25) is 0 Å². The van der Waals surface area contributed by atoms with Crippen LogP contribution in [0.25, 0.3) is 110 Å². The Bertz CT molecular complexity index is 3260. The molecule has 0 atom stereocenters. The highest BCUT2D eigenvalue weighted by Crippen LogP contribution is 2.50. The van der Waals surface area contributed by atoms with Gasteiger partial charge in [-0.2, -0.15) is 0 Å².